The van der Waals surface area contributed by atoms with E-state index in [4.69, 9.17) is 0 Å². The van der Waals surface area contributed by atoms with Gasteiger partial charge in [0, 0.05) is 6.04 Å². The number of halogens is 4. The minimum Gasteiger partial charge on any atom is -0.393 e. The Bertz CT molecular complexity index is 1080. The molecule has 0 bridgehead atoms. The fourth-order valence-corrected chi connectivity index (χ4v) is 5.33. The van der Waals surface area contributed by atoms with E-state index in [1.165, 1.54) is 11.3 Å². The molecule has 2 heterocycles. The van der Waals surface area contributed by atoms with Gasteiger partial charge in [-0.25, -0.2) is 9.97 Å². The topological polar surface area (TPSA) is 83.0 Å². The Labute approximate surface area is 186 Å². The monoisotopic (exact) mass is 471 g/mol. The summed E-state index contributed by atoms with van der Waals surface area (Å²) in [7, 11) is 0. The normalized spacial score (nSPS) is 24.5. The third kappa shape index (κ3) is 4.42. The molecule has 0 unspecified atom stereocenters. The number of hydrogen-bond donors (Lipinski definition) is 3. The second-order valence-electron chi connectivity index (χ2n) is 7.93. The summed E-state index contributed by atoms with van der Waals surface area (Å²) in [5, 5.41) is 16.5. The van der Waals surface area contributed by atoms with Crippen LogP contribution in [-0.2, 0) is 0 Å². The molecular weight excluding hydrogens is 451 g/mol. The molecule has 0 radical (unpaired) electrons. The van der Waals surface area contributed by atoms with Gasteiger partial charge in [0.05, 0.1) is 27.6 Å². The lowest BCUT2D eigenvalue weighted by atomic mass is 10.1. The standard InChI is InChI=1S/C20H20F3N5OS.ClH/c1-9-16(18-27-12-4-2-3-5-15(12)30-18)17(26-13-7-14(29)11-6-10(11)13)28-19(25-9)24-8-20(21,22)23;/h2-5,10-11,13-14,29H,6-8H2,1H3,(H2,24,25,26,28);1H/t10-,11+,13-,14-;/m0./s1. The molecule has 2 fully saturated rings. The zero-order valence-electron chi connectivity index (χ0n) is 16.5. The number of hydrogen-bond acceptors (Lipinski definition) is 7. The largest absolute Gasteiger partial charge is 0.405 e. The van der Waals surface area contributed by atoms with Gasteiger partial charge >= 0.3 is 6.18 Å². The van der Waals surface area contributed by atoms with E-state index in [1.54, 1.807) is 6.92 Å². The van der Waals surface area contributed by atoms with Crippen molar-refractivity contribution in [3.63, 3.8) is 0 Å². The van der Waals surface area contributed by atoms with Crippen LogP contribution < -0.4 is 10.6 Å². The molecule has 11 heteroatoms. The Kier molecular flexibility index (Phi) is 5.74. The van der Waals surface area contributed by atoms with Gasteiger partial charge in [-0.3, -0.25) is 0 Å². The Morgan fingerprint density at radius 1 is 1.13 bits per heavy atom. The second kappa shape index (κ2) is 8.07. The molecule has 31 heavy (non-hydrogen) atoms. The quantitative estimate of drug-likeness (QED) is 0.503. The van der Waals surface area contributed by atoms with Crippen molar-refractivity contribution in [2.75, 3.05) is 17.2 Å². The van der Waals surface area contributed by atoms with Crippen LogP contribution in [-0.4, -0.2) is 44.9 Å². The minimum atomic E-state index is -4.37. The number of aryl methyl sites for hydroxylation is 1. The van der Waals surface area contributed by atoms with Crippen LogP contribution in [0.4, 0.5) is 24.9 Å². The average molecular weight is 472 g/mol. The van der Waals surface area contributed by atoms with E-state index >= 15 is 0 Å². The summed E-state index contributed by atoms with van der Waals surface area (Å²) in [5.41, 5.74) is 2.08. The maximum absolute atomic E-state index is 12.7. The summed E-state index contributed by atoms with van der Waals surface area (Å²) < 4.78 is 39.0. The SMILES string of the molecule is Cc1nc(NCC(F)(F)F)nc(N[C@H]2C[C@H](O)[C@@H]3C[C@@H]32)c1-c1nc2ccccc2s1.Cl. The van der Waals surface area contributed by atoms with Crippen LogP contribution in [0.3, 0.4) is 0 Å². The van der Waals surface area contributed by atoms with Gasteiger partial charge in [0.1, 0.15) is 17.4 Å². The van der Waals surface area contributed by atoms with Gasteiger partial charge in [0.2, 0.25) is 5.95 Å². The van der Waals surface area contributed by atoms with Gasteiger partial charge in [0.25, 0.3) is 0 Å². The summed E-state index contributed by atoms with van der Waals surface area (Å²) in [6.07, 6.45) is -3.15. The Balaban J connectivity index is 0.00000231. The van der Waals surface area contributed by atoms with E-state index in [0.717, 1.165) is 16.6 Å². The lowest BCUT2D eigenvalue weighted by Crippen LogP contribution is -2.25. The smallest absolute Gasteiger partial charge is 0.393 e. The molecule has 3 N–H and O–H groups in total. The van der Waals surface area contributed by atoms with Crippen LogP contribution in [0.2, 0.25) is 0 Å². The fourth-order valence-electron chi connectivity index (χ4n) is 4.26. The molecule has 0 spiro atoms. The Morgan fingerprint density at radius 3 is 2.55 bits per heavy atom. The number of rotatable bonds is 5. The van der Waals surface area contributed by atoms with Crippen LogP contribution in [0, 0.1) is 18.8 Å². The van der Waals surface area contributed by atoms with Crippen LogP contribution in [0.1, 0.15) is 18.5 Å². The summed E-state index contributed by atoms with van der Waals surface area (Å²) in [5.74, 6) is 1.04. The number of anilines is 2. The van der Waals surface area contributed by atoms with Crippen molar-refractivity contribution in [1.82, 2.24) is 15.0 Å². The van der Waals surface area contributed by atoms with Crippen molar-refractivity contribution in [2.24, 2.45) is 11.8 Å². The summed E-state index contributed by atoms with van der Waals surface area (Å²) in [6.45, 7) is 0.537. The van der Waals surface area contributed by atoms with Gasteiger partial charge in [-0.2, -0.15) is 18.2 Å². The maximum atomic E-state index is 12.7. The van der Waals surface area contributed by atoms with Crippen molar-refractivity contribution in [3.8, 4) is 10.6 Å². The number of aliphatic hydroxyl groups is 1. The molecule has 5 rings (SSSR count). The molecular formula is C20H21ClF3N5OS. The Morgan fingerprint density at radius 2 is 1.90 bits per heavy atom. The molecule has 0 saturated heterocycles. The minimum absolute atomic E-state index is 0. The number of aliphatic hydroxyl groups excluding tert-OH is 1. The van der Waals surface area contributed by atoms with Crippen LogP contribution in [0.5, 0.6) is 0 Å². The predicted molar refractivity (Wildman–Crippen MR) is 117 cm³/mol. The number of thiazole rings is 1. The van der Waals surface area contributed by atoms with E-state index in [9.17, 15) is 18.3 Å². The number of fused-ring (bicyclic) bond motifs is 2. The number of para-hydroxylation sites is 1. The van der Waals surface area contributed by atoms with Gasteiger partial charge in [0.15, 0.2) is 0 Å². The maximum Gasteiger partial charge on any atom is 0.405 e. The summed E-state index contributed by atoms with van der Waals surface area (Å²) >= 11 is 1.49. The van der Waals surface area contributed by atoms with E-state index in [0.29, 0.717) is 40.3 Å². The third-order valence-corrected chi connectivity index (χ3v) is 6.82. The molecule has 0 aliphatic heterocycles. The van der Waals surface area contributed by atoms with E-state index in [-0.39, 0.29) is 30.5 Å². The third-order valence-electron chi connectivity index (χ3n) is 5.76. The fraction of sp³-hybridized carbons (Fsp3) is 0.450. The molecule has 2 aromatic heterocycles. The van der Waals surface area contributed by atoms with Crippen molar-refractivity contribution < 1.29 is 18.3 Å². The first-order valence-corrected chi connectivity index (χ1v) is 10.6. The lowest BCUT2D eigenvalue weighted by molar-refractivity contribution is -0.115. The summed E-state index contributed by atoms with van der Waals surface area (Å²) in [6, 6.07) is 7.76. The van der Waals surface area contributed by atoms with Gasteiger partial charge < -0.3 is 15.7 Å². The van der Waals surface area contributed by atoms with Crippen LogP contribution >= 0.6 is 23.7 Å². The molecule has 1 aromatic carbocycles. The first kappa shape index (κ1) is 22.0. The first-order valence-electron chi connectivity index (χ1n) is 9.78. The van der Waals surface area contributed by atoms with E-state index in [1.807, 2.05) is 24.3 Å². The van der Waals surface area contributed by atoms with E-state index < -0.39 is 12.7 Å². The number of alkyl halides is 3. The van der Waals surface area contributed by atoms with Crippen molar-refractivity contribution >= 4 is 45.7 Å². The van der Waals surface area contributed by atoms with Gasteiger partial charge in [-0.15, -0.1) is 23.7 Å². The summed E-state index contributed by atoms with van der Waals surface area (Å²) in [4.78, 5) is 13.3. The van der Waals surface area contributed by atoms with Crippen molar-refractivity contribution in [1.29, 1.82) is 0 Å². The lowest BCUT2D eigenvalue weighted by Gasteiger charge is -2.20. The number of aromatic nitrogens is 3. The molecule has 2 aliphatic carbocycles. The molecule has 4 atom stereocenters. The highest BCUT2D eigenvalue weighted by molar-refractivity contribution is 7.21. The van der Waals surface area contributed by atoms with E-state index in [2.05, 4.69) is 25.6 Å². The number of benzene rings is 1. The van der Waals surface area contributed by atoms with Crippen LogP contribution in [0.15, 0.2) is 24.3 Å². The van der Waals surface area contributed by atoms with Crippen LogP contribution in [0.25, 0.3) is 20.8 Å². The Hall–Kier alpha value is -2.17. The molecule has 2 saturated carbocycles. The van der Waals surface area contributed by atoms with Gasteiger partial charge in [-0.1, -0.05) is 12.1 Å². The highest BCUT2D eigenvalue weighted by atomic mass is 35.5. The predicted octanol–water partition coefficient (Wildman–Crippen LogP) is 4.64. The first-order chi connectivity index (χ1) is 14.3. The molecule has 6 nitrogen and oxygen atoms in total. The zero-order chi connectivity index (χ0) is 21.0. The molecule has 3 aromatic rings. The average Bonchev–Trinajstić information content (AvgIpc) is 3.28. The highest BCUT2D eigenvalue weighted by Gasteiger charge is 2.54. The highest BCUT2D eigenvalue weighted by Crippen LogP contribution is 2.53. The van der Waals surface area contributed by atoms with Crippen molar-refractivity contribution in [2.45, 2.75) is 38.1 Å². The number of nitrogens with zero attached hydrogens (tertiary/aromatic N) is 3. The second-order valence-corrected chi connectivity index (χ2v) is 8.96. The molecule has 166 valence electrons. The van der Waals surface area contributed by atoms with Crippen molar-refractivity contribution in [3.05, 3.63) is 30.0 Å². The zero-order valence-corrected chi connectivity index (χ0v) is 18.1. The molecule has 0 amide bonds. The molecule has 2 aliphatic rings. The number of nitrogens with one attached hydrogen (secondary N) is 2. The van der Waals surface area contributed by atoms with Gasteiger partial charge in [-0.05, 0) is 43.7 Å².